The molecule has 0 aliphatic carbocycles. The maximum Gasteiger partial charge on any atom is 0.343 e. The van der Waals surface area contributed by atoms with Gasteiger partial charge in [0.1, 0.15) is 5.82 Å². The van der Waals surface area contributed by atoms with E-state index in [9.17, 15) is 9.90 Å². The average Bonchev–Trinajstić information content (AvgIpc) is 2.96. The van der Waals surface area contributed by atoms with Crippen LogP contribution in [0, 0.1) is 6.92 Å². The number of aromatic amines is 1. The van der Waals surface area contributed by atoms with Gasteiger partial charge < -0.3 is 10.0 Å². The number of piperidine rings is 1. The van der Waals surface area contributed by atoms with Gasteiger partial charge in [0.05, 0.1) is 6.10 Å². The van der Waals surface area contributed by atoms with Gasteiger partial charge in [-0.15, -0.1) is 0 Å². The zero-order chi connectivity index (χ0) is 17.1. The molecule has 6 heteroatoms. The molecule has 3 rings (SSSR count). The van der Waals surface area contributed by atoms with Crippen LogP contribution in [0.1, 0.15) is 48.7 Å². The monoisotopic (exact) mass is 330 g/mol. The highest BCUT2D eigenvalue weighted by molar-refractivity contribution is 5.24. The van der Waals surface area contributed by atoms with E-state index in [2.05, 4.69) is 15.1 Å². The normalized spacial score (nSPS) is 18.0. The molecule has 6 nitrogen and oxygen atoms in total. The molecule has 0 radical (unpaired) electrons. The van der Waals surface area contributed by atoms with Crippen molar-refractivity contribution in [1.82, 2.24) is 19.7 Å². The zero-order valence-corrected chi connectivity index (χ0v) is 14.4. The Hall–Kier alpha value is -1.92. The van der Waals surface area contributed by atoms with E-state index in [1.54, 1.807) is 4.57 Å². The lowest BCUT2D eigenvalue weighted by molar-refractivity contribution is 0.0962. The summed E-state index contributed by atoms with van der Waals surface area (Å²) in [7, 11) is 0. The number of rotatable bonds is 5. The second-order valence-corrected chi connectivity index (χ2v) is 6.64. The maximum absolute atomic E-state index is 11.7. The van der Waals surface area contributed by atoms with E-state index < -0.39 is 6.10 Å². The molecule has 1 aromatic heterocycles. The lowest BCUT2D eigenvalue weighted by Crippen LogP contribution is -2.36. The van der Waals surface area contributed by atoms with Crippen molar-refractivity contribution in [2.75, 3.05) is 19.6 Å². The SMILES string of the molecule is CCn1c(C2CCN(CC(O)c3cccc(C)c3)CC2)n[nH]c1=O. The lowest BCUT2D eigenvalue weighted by atomic mass is 9.95. The van der Waals surface area contributed by atoms with Crippen molar-refractivity contribution in [2.24, 2.45) is 0 Å². The maximum atomic E-state index is 11.7. The molecule has 1 aliphatic heterocycles. The summed E-state index contributed by atoms with van der Waals surface area (Å²) in [5.74, 6) is 1.19. The molecule has 0 bridgehead atoms. The molecule has 2 N–H and O–H groups in total. The lowest BCUT2D eigenvalue weighted by Gasteiger charge is -2.32. The van der Waals surface area contributed by atoms with E-state index in [0.717, 1.165) is 37.3 Å². The molecule has 0 spiro atoms. The fourth-order valence-corrected chi connectivity index (χ4v) is 3.55. The number of nitrogens with one attached hydrogen (secondary N) is 1. The van der Waals surface area contributed by atoms with E-state index in [-0.39, 0.29) is 5.69 Å². The van der Waals surface area contributed by atoms with Gasteiger partial charge in [-0.3, -0.25) is 4.57 Å². The third-order valence-electron chi connectivity index (χ3n) is 4.91. The molecule has 1 fully saturated rings. The Balaban J connectivity index is 1.58. The summed E-state index contributed by atoms with van der Waals surface area (Å²) < 4.78 is 1.72. The number of hydrogen-bond donors (Lipinski definition) is 2. The van der Waals surface area contributed by atoms with Gasteiger partial charge in [0, 0.05) is 19.0 Å². The Bertz CT molecular complexity index is 729. The van der Waals surface area contributed by atoms with Crippen molar-refractivity contribution in [3.63, 3.8) is 0 Å². The predicted molar refractivity (Wildman–Crippen MR) is 93.1 cm³/mol. The fraction of sp³-hybridized carbons (Fsp3) is 0.556. The Morgan fingerprint density at radius 3 is 2.79 bits per heavy atom. The number of hydrogen-bond acceptors (Lipinski definition) is 4. The van der Waals surface area contributed by atoms with Crippen molar-refractivity contribution >= 4 is 0 Å². The summed E-state index contributed by atoms with van der Waals surface area (Å²) in [6.45, 7) is 7.14. The fourth-order valence-electron chi connectivity index (χ4n) is 3.55. The van der Waals surface area contributed by atoms with E-state index in [1.807, 2.05) is 38.1 Å². The molecule has 130 valence electrons. The smallest absolute Gasteiger partial charge is 0.343 e. The van der Waals surface area contributed by atoms with Crippen LogP contribution in [0.15, 0.2) is 29.1 Å². The first-order chi connectivity index (χ1) is 11.6. The van der Waals surface area contributed by atoms with Gasteiger partial charge >= 0.3 is 5.69 Å². The highest BCUT2D eigenvalue weighted by Crippen LogP contribution is 2.27. The third kappa shape index (κ3) is 3.60. The minimum atomic E-state index is -0.458. The quantitative estimate of drug-likeness (QED) is 0.877. The van der Waals surface area contributed by atoms with Crippen molar-refractivity contribution in [3.05, 3.63) is 51.7 Å². The van der Waals surface area contributed by atoms with E-state index >= 15 is 0 Å². The number of aryl methyl sites for hydroxylation is 1. The Morgan fingerprint density at radius 1 is 1.38 bits per heavy atom. The molecule has 24 heavy (non-hydrogen) atoms. The van der Waals surface area contributed by atoms with Gasteiger partial charge in [-0.25, -0.2) is 9.89 Å². The minimum Gasteiger partial charge on any atom is -0.387 e. The molecule has 2 aromatic rings. The molecule has 0 amide bonds. The summed E-state index contributed by atoms with van der Waals surface area (Å²) in [4.78, 5) is 14.0. The van der Waals surface area contributed by atoms with Gasteiger partial charge in [0.2, 0.25) is 0 Å². The second-order valence-electron chi connectivity index (χ2n) is 6.64. The Labute approximate surface area is 142 Å². The summed E-state index contributed by atoms with van der Waals surface area (Å²) in [5, 5.41) is 17.2. The molecule has 1 atom stereocenters. The van der Waals surface area contributed by atoms with E-state index in [1.165, 1.54) is 5.56 Å². The van der Waals surface area contributed by atoms with Crippen LogP contribution in [0.2, 0.25) is 0 Å². The molecular formula is C18H26N4O2. The van der Waals surface area contributed by atoms with Gasteiger partial charge in [-0.2, -0.15) is 5.10 Å². The molecule has 0 saturated carbocycles. The first-order valence-corrected chi connectivity index (χ1v) is 8.70. The van der Waals surface area contributed by atoms with Crippen molar-refractivity contribution in [1.29, 1.82) is 0 Å². The molecular weight excluding hydrogens is 304 g/mol. The summed E-state index contributed by atoms with van der Waals surface area (Å²) in [6, 6.07) is 8.05. The van der Waals surface area contributed by atoms with Crippen LogP contribution < -0.4 is 5.69 Å². The molecule has 2 heterocycles. The first-order valence-electron chi connectivity index (χ1n) is 8.70. The number of H-pyrrole nitrogens is 1. The minimum absolute atomic E-state index is 0.121. The predicted octanol–water partition coefficient (Wildman–Crippen LogP) is 1.81. The first kappa shape index (κ1) is 16.9. The highest BCUT2D eigenvalue weighted by Gasteiger charge is 2.26. The van der Waals surface area contributed by atoms with Crippen LogP contribution in [0.25, 0.3) is 0 Å². The number of nitrogens with zero attached hydrogens (tertiary/aromatic N) is 3. The molecule has 1 aliphatic rings. The van der Waals surface area contributed by atoms with Crippen LogP contribution in [0.3, 0.4) is 0 Å². The molecule has 1 saturated heterocycles. The van der Waals surface area contributed by atoms with Gasteiger partial charge in [-0.1, -0.05) is 29.8 Å². The topological polar surface area (TPSA) is 74.2 Å². The average molecular weight is 330 g/mol. The number of likely N-dealkylation sites (tertiary alicyclic amines) is 1. The van der Waals surface area contributed by atoms with E-state index in [0.29, 0.717) is 19.0 Å². The Morgan fingerprint density at radius 2 is 2.12 bits per heavy atom. The number of benzene rings is 1. The van der Waals surface area contributed by atoms with Crippen molar-refractivity contribution in [2.45, 2.75) is 45.3 Å². The largest absolute Gasteiger partial charge is 0.387 e. The van der Waals surface area contributed by atoms with Crippen LogP contribution in [-0.4, -0.2) is 44.4 Å². The summed E-state index contributed by atoms with van der Waals surface area (Å²) in [6.07, 6.45) is 1.47. The number of β-amino-alcohol motifs (C(OH)–C–C–N with tert-alkyl or cyclic N) is 1. The van der Waals surface area contributed by atoms with Gasteiger partial charge in [0.15, 0.2) is 0 Å². The highest BCUT2D eigenvalue weighted by atomic mass is 16.3. The van der Waals surface area contributed by atoms with Crippen LogP contribution in [0.4, 0.5) is 0 Å². The van der Waals surface area contributed by atoms with Crippen molar-refractivity contribution < 1.29 is 5.11 Å². The standard InChI is InChI=1S/C18H26N4O2/c1-3-22-17(19-20-18(22)24)14-7-9-21(10-8-14)12-16(23)15-6-4-5-13(2)11-15/h4-6,11,14,16,23H,3,7-10,12H2,1-2H3,(H,20,24). The number of aromatic nitrogens is 3. The zero-order valence-electron chi connectivity index (χ0n) is 14.4. The summed E-state index contributed by atoms with van der Waals surface area (Å²) in [5.41, 5.74) is 2.02. The third-order valence-corrected chi connectivity index (χ3v) is 4.91. The summed E-state index contributed by atoms with van der Waals surface area (Å²) >= 11 is 0. The van der Waals surface area contributed by atoms with Crippen molar-refractivity contribution in [3.8, 4) is 0 Å². The number of aliphatic hydroxyl groups excluding tert-OH is 1. The molecule has 1 unspecified atom stereocenters. The van der Waals surface area contributed by atoms with Gasteiger partial charge in [-0.05, 0) is 45.3 Å². The second kappa shape index (κ2) is 7.32. The van der Waals surface area contributed by atoms with Crippen LogP contribution in [0.5, 0.6) is 0 Å². The van der Waals surface area contributed by atoms with Crippen LogP contribution >= 0.6 is 0 Å². The Kier molecular flexibility index (Phi) is 5.16. The van der Waals surface area contributed by atoms with Crippen LogP contribution in [-0.2, 0) is 6.54 Å². The van der Waals surface area contributed by atoms with Gasteiger partial charge in [0.25, 0.3) is 0 Å². The molecule has 1 aromatic carbocycles. The number of aliphatic hydroxyl groups is 1. The van der Waals surface area contributed by atoms with E-state index in [4.69, 9.17) is 0 Å².